The molecule has 2 aromatic rings. The van der Waals surface area contributed by atoms with E-state index < -0.39 is 0 Å². The second kappa shape index (κ2) is 8.97. The number of carbonyl (C=O) groups excluding carboxylic acids is 1. The fourth-order valence-electron chi connectivity index (χ4n) is 2.53. The van der Waals surface area contributed by atoms with Crippen molar-refractivity contribution in [3.63, 3.8) is 0 Å². The lowest BCUT2D eigenvalue weighted by Crippen LogP contribution is -2.32. The van der Waals surface area contributed by atoms with Gasteiger partial charge in [0.05, 0.1) is 20.3 Å². The van der Waals surface area contributed by atoms with Crippen LogP contribution in [0.15, 0.2) is 42.5 Å². The summed E-state index contributed by atoms with van der Waals surface area (Å²) in [5.74, 6) is 1.79. The van der Waals surface area contributed by atoms with E-state index in [4.69, 9.17) is 14.2 Å². The van der Waals surface area contributed by atoms with Gasteiger partial charge in [0.15, 0.2) is 18.1 Å². The van der Waals surface area contributed by atoms with Gasteiger partial charge in [0.2, 0.25) is 0 Å². The third-order valence-electron chi connectivity index (χ3n) is 3.94. The number of nitrogens with one attached hydrogen (secondary N) is 1. The molecule has 0 aromatic heterocycles. The van der Waals surface area contributed by atoms with E-state index in [0.29, 0.717) is 11.5 Å². The summed E-state index contributed by atoms with van der Waals surface area (Å²) in [6.45, 7) is 3.94. The first kappa shape index (κ1) is 18.6. The highest BCUT2D eigenvalue weighted by Crippen LogP contribution is 2.27. The Morgan fingerprint density at radius 1 is 1.04 bits per heavy atom. The molecule has 0 saturated carbocycles. The average molecular weight is 343 g/mol. The van der Waals surface area contributed by atoms with Crippen molar-refractivity contribution in [1.29, 1.82) is 0 Å². The average Bonchev–Trinajstić information content (AvgIpc) is 2.65. The van der Waals surface area contributed by atoms with E-state index in [2.05, 4.69) is 5.32 Å². The van der Waals surface area contributed by atoms with Crippen LogP contribution in [-0.2, 0) is 4.79 Å². The maximum absolute atomic E-state index is 12.2. The molecule has 5 nitrogen and oxygen atoms in total. The van der Waals surface area contributed by atoms with Crippen LogP contribution < -0.4 is 19.5 Å². The maximum atomic E-state index is 12.2. The van der Waals surface area contributed by atoms with Crippen LogP contribution in [0.4, 0.5) is 0 Å². The Balaban J connectivity index is 1.95. The van der Waals surface area contributed by atoms with Crippen LogP contribution in [0.25, 0.3) is 0 Å². The summed E-state index contributed by atoms with van der Waals surface area (Å²) in [5, 5.41) is 2.99. The van der Waals surface area contributed by atoms with Crippen LogP contribution in [0.3, 0.4) is 0 Å². The lowest BCUT2D eigenvalue weighted by atomic mass is 10.0. The minimum atomic E-state index is -0.176. The van der Waals surface area contributed by atoms with Gasteiger partial charge in [-0.05, 0) is 48.7 Å². The molecule has 0 radical (unpaired) electrons. The molecule has 2 rings (SSSR count). The third kappa shape index (κ3) is 5.14. The molecule has 0 bridgehead atoms. The van der Waals surface area contributed by atoms with Crippen LogP contribution >= 0.6 is 0 Å². The number of hydrogen-bond acceptors (Lipinski definition) is 4. The highest BCUT2D eigenvalue weighted by atomic mass is 16.5. The minimum Gasteiger partial charge on any atom is -0.497 e. The van der Waals surface area contributed by atoms with Crippen LogP contribution in [0.5, 0.6) is 17.2 Å². The van der Waals surface area contributed by atoms with Gasteiger partial charge in [-0.1, -0.05) is 25.1 Å². The predicted molar refractivity (Wildman–Crippen MR) is 97.4 cm³/mol. The second-order valence-electron chi connectivity index (χ2n) is 5.74. The molecular weight excluding hydrogens is 318 g/mol. The zero-order chi connectivity index (χ0) is 18.2. The summed E-state index contributed by atoms with van der Waals surface area (Å²) in [6.07, 6.45) is 0.784. The van der Waals surface area contributed by atoms with E-state index in [1.165, 1.54) is 0 Å². The second-order valence-corrected chi connectivity index (χ2v) is 5.74. The van der Waals surface area contributed by atoms with Crippen molar-refractivity contribution in [1.82, 2.24) is 5.32 Å². The molecule has 0 spiro atoms. The standard InChI is InChI=1S/C20H25NO4/c1-5-17(15-7-9-16(23-3)10-8-15)21-20(22)13-25-18-11-6-14(2)12-19(18)24-4/h6-12,17H,5,13H2,1-4H3,(H,21,22). The van der Waals surface area contributed by atoms with Crippen molar-refractivity contribution >= 4 is 5.91 Å². The van der Waals surface area contributed by atoms with Gasteiger partial charge in [-0.15, -0.1) is 0 Å². The van der Waals surface area contributed by atoms with E-state index in [0.717, 1.165) is 23.3 Å². The first-order valence-electron chi connectivity index (χ1n) is 8.28. The summed E-state index contributed by atoms with van der Waals surface area (Å²) in [5.41, 5.74) is 2.10. The van der Waals surface area contributed by atoms with Crippen LogP contribution in [0.1, 0.15) is 30.5 Å². The zero-order valence-electron chi connectivity index (χ0n) is 15.2. The smallest absolute Gasteiger partial charge is 0.258 e. The highest BCUT2D eigenvalue weighted by molar-refractivity contribution is 5.78. The predicted octanol–water partition coefficient (Wildman–Crippen LogP) is 3.66. The topological polar surface area (TPSA) is 56.8 Å². The number of amides is 1. The first-order chi connectivity index (χ1) is 12.1. The SMILES string of the molecule is CCC(NC(=O)COc1ccc(C)cc1OC)c1ccc(OC)cc1. The first-order valence-corrected chi connectivity index (χ1v) is 8.28. The Labute approximate surface area is 148 Å². The van der Waals surface area contributed by atoms with Crippen molar-refractivity contribution in [2.24, 2.45) is 0 Å². The molecule has 0 saturated heterocycles. The molecule has 1 N–H and O–H groups in total. The van der Waals surface area contributed by atoms with Crippen molar-refractivity contribution in [3.05, 3.63) is 53.6 Å². The third-order valence-corrected chi connectivity index (χ3v) is 3.94. The molecular formula is C20H25NO4. The van der Waals surface area contributed by atoms with Crippen molar-refractivity contribution < 1.29 is 19.0 Å². The molecule has 0 aliphatic rings. The van der Waals surface area contributed by atoms with Gasteiger partial charge >= 0.3 is 0 Å². The van der Waals surface area contributed by atoms with Gasteiger partial charge in [-0.25, -0.2) is 0 Å². The van der Waals surface area contributed by atoms with Crippen molar-refractivity contribution in [2.45, 2.75) is 26.3 Å². The van der Waals surface area contributed by atoms with Gasteiger partial charge < -0.3 is 19.5 Å². The molecule has 0 heterocycles. The fourth-order valence-corrected chi connectivity index (χ4v) is 2.53. The lowest BCUT2D eigenvalue weighted by molar-refractivity contribution is -0.123. The Kier molecular flexibility index (Phi) is 6.69. The normalized spacial score (nSPS) is 11.5. The van der Waals surface area contributed by atoms with Crippen LogP contribution in [-0.4, -0.2) is 26.7 Å². The van der Waals surface area contributed by atoms with E-state index in [9.17, 15) is 4.79 Å². The lowest BCUT2D eigenvalue weighted by Gasteiger charge is -2.18. The summed E-state index contributed by atoms with van der Waals surface area (Å²) >= 11 is 0. The number of hydrogen-bond donors (Lipinski definition) is 1. The van der Waals surface area contributed by atoms with Gasteiger partial charge in [-0.3, -0.25) is 4.79 Å². The van der Waals surface area contributed by atoms with E-state index in [1.54, 1.807) is 14.2 Å². The number of ether oxygens (including phenoxy) is 3. The molecule has 25 heavy (non-hydrogen) atoms. The van der Waals surface area contributed by atoms with Gasteiger partial charge in [0, 0.05) is 0 Å². The number of benzene rings is 2. The summed E-state index contributed by atoms with van der Waals surface area (Å²) < 4.78 is 16.1. The Hall–Kier alpha value is -2.69. The number of carbonyl (C=O) groups is 1. The van der Waals surface area contributed by atoms with Gasteiger partial charge in [0.25, 0.3) is 5.91 Å². The van der Waals surface area contributed by atoms with Gasteiger partial charge in [0.1, 0.15) is 5.75 Å². The van der Waals surface area contributed by atoms with Gasteiger partial charge in [-0.2, -0.15) is 0 Å². The van der Waals surface area contributed by atoms with E-state index in [-0.39, 0.29) is 18.6 Å². The molecule has 1 amide bonds. The van der Waals surface area contributed by atoms with Crippen molar-refractivity contribution in [3.8, 4) is 17.2 Å². The molecule has 5 heteroatoms. The Morgan fingerprint density at radius 2 is 1.76 bits per heavy atom. The monoisotopic (exact) mass is 343 g/mol. The molecule has 2 aromatic carbocycles. The Morgan fingerprint density at radius 3 is 2.36 bits per heavy atom. The number of methoxy groups -OCH3 is 2. The molecule has 0 fully saturated rings. The largest absolute Gasteiger partial charge is 0.497 e. The quantitative estimate of drug-likeness (QED) is 0.795. The molecule has 1 unspecified atom stereocenters. The van der Waals surface area contributed by atoms with E-state index >= 15 is 0 Å². The molecule has 0 aliphatic carbocycles. The van der Waals surface area contributed by atoms with Crippen molar-refractivity contribution in [2.75, 3.05) is 20.8 Å². The van der Waals surface area contributed by atoms with Crippen LogP contribution in [0.2, 0.25) is 0 Å². The summed E-state index contributed by atoms with van der Waals surface area (Å²) in [6, 6.07) is 13.2. The minimum absolute atomic E-state index is 0.0634. The zero-order valence-corrected chi connectivity index (χ0v) is 15.2. The number of rotatable bonds is 8. The molecule has 134 valence electrons. The highest BCUT2D eigenvalue weighted by Gasteiger charge is 2.14. The fraction of sp³-hybridized carbons (Fsp3) is 0.350. The number of aryl methyl sites for hydroxylation is 1. The summed E-state index contributed by atoms with van der Waals surface area (Å²) in [7, 11) is 3.21. The Bertz CT molecular complexity index is 697. The summed E-state index contributed by atoms with van der Waals surface area (Å²) in [4.78, 5) is 12.2. The van der Waals surface area contributed by atoms with E-state index in [1.807, 2.05) is 56.3 Å². The molecule has 0 aliphatic heterocycles. The van der Waals surface area contributed by atoms with Crippen LogP contribution in [0, 0.1) is 6.92 Å². The maximum Gasteiger partial charge on any atom is 0.258 e. The molecule has 1 atom stereocenters.